The molecular formula is C7H11F3O. The van der Waals surface area contributed by atoms with Crippen LogP contribution in [0, 0.1) is 5.92 Å². The third-order valence-corrected chi connectivity index (χ3v) is 1.77. The first-order valence-electron chi connectivity index (χ1n) is 3.72. The Morgan fingerprint density at radius 1 is 1.36 bits per heavy atom. The van der Waals surface area contributed by atoms with Crippen molar-refractivity contribution in [3.05, 3.63) is 0 Å². The highest BCUT2D eigenvalue weighted by atomic mass is 19.4. The van der Waals surface area contributed by atoms with E-state index in [4.69, 9.17) is 4.74 Å². The van der Waals surface area contributed by atoms with Gasteiger partial charge in [0.2, 0.25) is 0 Å². The van der Waals surface area contributed by atoms with Crippen molar-refractivity contribution in [3.63, 3.8) is 0 Å². The summed E-state index contributed by atoms with van der Waals surface area (Å²) in [5, 5.41) is 0. The highest BCUT2D eigenvalue weighted by Gasteiger charge is 2.32. The fourth-order valence-electron chi connectivity index (χ4n) is 1.30. The normalized spacial score (nSPS) is 27.0. The summed E-state index contributed by atoms with van der Waals surface area (Å²) in [6.45, 7) is 0.897. The molecule has 1 saturated heterocycles. The molecule has 1 atom stereocenters. The Labute approximate surface area is 63.5 Å². The predicted molar refractivity (Wildman–Crippen MR) is 34.2 cm³/mol. The number of hydrogen-bond acceptors (Lipinski definition) is 1. The van der Waals surface area contributed by atoms with Crippen LogP contribution in [0.25, 0.3) is 0 Å². The molecule has 1 aliphatic heterocycles. The summed E-state index contributed by atoms with van der Waals surface area (Å²) in [5.41, 5.74) is 0. The summed E-state index contributed by atoms with van der Waals surface area (Å²) in [7, 11) is 0. The molecule has 0 amide bonds. The van der Waals surface area contributed by atoms with Crippen LogP contribution >= 0.6 is 0 Å². The first-order chi connectivity index (χ1) is 5.08. The van der Waals surface area contributed by atoms with E-state index in [0.717, 1.165) is 6.42 Å². The number of rotatable bonds is 1. The Bertz CT molecular complexity index is 115. The van der Waals surface area contributed by atoms with Gasteiger partial charge in [-0.2, -0.15) is 13.2 Å². The Morgan fingerprint density at radius 3 is 2.55 bits per heavy atom. The van der Waals surface area contributed by atoms with E-state index in [1.54, 1.807) is 0 Å². The van der Waals surface area contributed by atoms with E-state index in [1.807, 2.05) is 0 Å². The molecule has 0 aromatic carbocycles. The van der Waals surface area contributed by atoms with E-state index < -0.39 is 12.6 Å². The summed E-state index contributed by atoms with van der Waals surface area (Å²) in [6.07, 6.45) is -3.29. The van der Waals surface area contributed by atoms with Crippen molar-refractivity contribution in [1.29, 1.82) is 0 Å². The van der Waals surface area contributed by atoms with Crippen LogP contribution in [0.3, 0.4) is 0 Å². The molecule has 1 heterocycles. The molecule has 0 bridgehead atoms. The summed E-state index contributed by atoms with van der Waals surface area (Å²) in [6, 6.07) is 0. The predicted octanol–water partition coefficient (Wildman–Crippen LogP) is 2.37. The highest BCUT2D eigenvalue weighted by Crippen LogP contribution is 2.28. The van der Waals surface area contributed by atoms with Crippen molar-refractivity contribution < 1.29 is 17.9 Å². The van der Waals surface area contributed by atoms with Crippen LogP contribution in [0.15, 0.2) is 0 Å². The van der Waals surface area contributed by atoms with Gasteiger partial charge in [0.15, 0.2) is 0 Å². The van der Waals surface area contributed by atoms with Gasteiger partial charge in [0.25, 0.3) is 0 Å². The van der Waals surface area contributed by atoms with Crippen LogP contribution in [0.2, 0.25) is 0 Å². The van der Waals surface area contributed by atoms with Gasteiger partial charge in [0, 0.05) is 19.6 Å². The molecule has 1 nitrogen and oxygen atoms in total. The molecule has 1 fully saturated rings. The lowest BCUT2D eigenvalue weighted by Gasteiger charge is -2.22. The Morgan fingerprint density at radius 2 is 2.09 bits per heavy atom. The monoisotopic (exact) mass is 168 g/mol. The van der Waals surface area contributed by atoms with Crippen LogP contribution in [-0.2, 0) is 4.74 Å². The van der Waals surface area contributed by atoms with Gasteiger partial charge in [-0.3, -0.25) is 0 Å². The number of alkyl halides is 3. The maximum atomic E-state index is 11.8. The van der Waals surface area contributed by atoms with Crippen molar-refractivity contribution in [2.24, 2.45) is 5.92 Å². The zero-order chi connectivity index (χ0) is 8.32. The lowest BCUT2D eigenvalue weighted by atomic mass is 9.99. The largest absolute Gasteiger partial charge is 0.389 e. The third-order valence-electron chi connectivity index (χ3n) is 1.77. The average molecular weight is 168 g/mol. The second-order valence-electron chi connectivity index (χ2n) is 2.90. The molecule has 0 N–H and O–H groups in total. The van der Waals surface area contributed by atoms with Crippen molar-refractivity contribution in [2.45, 2.75) is 25.4 Å². The van der Waals surface area contributed by atoms with Crippen LogP contribution in [0.1, 0.15) is 19.3 Å². The van der Waals surface area contributed by atoms with Crippen LogP contribution in [-0.4, -0.2) is 19.4 Å². The number of ether oxygens (including phenoxy) is 1. The first kappa shape index (κ1) is 8.84. The van der Waals surface area contributed by atoms with Crippen molar-refractivity contribution >= 4 is 0 Å². The summed E-state index contributed by atoms with van der Waals surface area (Å²) in [5.74, 6) is -0.302. The summed E-state index contributed by atoms with van der Waals surface area (Å²) in [4.78, 5) is 0. The molecule has 0 aromatic rings. The zero-order valence-corrected chi connectivity index (χ0v) is 6.16. The van der Waals surface area contributed by atoms with Crippen molar-refractivity contribution in [1.82, 2.24) is 0 Å². The van der Waals surface area contributed by atoms with Crippen LogP contribution in [0.5, 0.6) is 0 Å². The molecule has 4 heteroatoms. The minimum absolute atomic E-state index is 0.277. The first-order valence-corrected chi connectivity index (χ1v) is 3.72. The topological polar surface area (TPSA) is 9.23 Å². The van der Waals surface area contributed by atoms with Gasteiger partial charge in [0.05, 0.1) is 0 Å². The summed E-state index contributed by atoms with van der Waals surface area (Å²) >= 11 is 0. The lowest BCUT2D eigenvalue weighted by molar-refractivity contribution is -0.152. The number of halogens is 3. The van der Waals surface area contributed by atoms with E-state index in [9.17, 15) is 13.2 Å². The molecule has 0 radical (unpaired) electrons. The molecule has 0 saturated carbocycles. The zero-order valence-electron chi connectivity index (χ0n) is 6.16. The second kappa shape index (κ2) is 3.43. The molecule has 0 aromatic heterocycles. The van der Waals surface area contributed by atoms with E-state index in [-0.39, 0.29) is 12.5 Å². The van der Waals surface area contributed by atoms with Gasteiger partial charge in [-0.25, -0.2) is 0 Å². The smallest absolute Gasteiger partial charge is 0.381 e. The Kier molecular flexibility index (Phi) is 2.76. The molecule has 66 valence electrons. The van der Waals surface area contributed by atoms with E-state index in [1.165, 1.54) is 0 Å². The molecule has 1 unspecified atom stereocenters. The minimum Gasteiger partial charge on any atom is -0.381 e. The van der Waals surface area contributed by atoms with E-state index >= 15 is 0 Å². The maximum Gasteiger partial charge on any atom is 0.389 e. The molecule has 0 aliphatic carbocycles. The Balaban J connectivity index is 2.24. The number of hydrogen-bond donors (Lipinski definition) is 0. The van der Waals surface area contributed by atoms with E-state index in [0.29, 0.717) is 13.0 Å². The van der Waals surface area contributed by atoms with Crippen molar-refractivity contribution in [3.8, 4) is 0 Å². The highest BCUT2D eigenvalue weighted by molar-refractivity contribution is 4.66. The van der Waals surface area contributed by atoms with Gasteiger partial charge >= 0.3 is 6.18 Å². The minimum atomic E-state index is -4.02. The van der Waals surface area contributed by atoms with E-state index in [2.05, 4.69) is 0 Å². The van der Waals surface area contributed by atoms with Gasteiger partial charge in [-0.1, -0.05) is 0 Å². The fourth-order valence-corrected chi connectivity index (χ4v) is 1.30. The maximum absolute atomic E-state index is 11.8. The summed E-state index contributed by atoms with van der Waals surface area (Å²) < 4.78 is 40.3. The van der Waals surface area contributed by atoms with Crippen molar-refractivity contribution in [2.75, 3.05) is 13.2 Å². The molecule has 1 rings (SSSR count). The fraction of sp³-hybridized carbons (Fsp3) is 1.00. The van der Waals surface area contributed by atoms with Gasteiger partial charge in [-0.05, 0) is 18.8 Å². The van der Waals surface area contributed by atoms with Crippen LogP contribution < -0.4 is 0 Å². The lowest BCUT2D eigenvalue weighted by Crippen LogP contribution is -2.23. The Hall–Kier alpha value is -0.250. The molecular weight excluding hydrogens is 157 g/mol. The average Bonchev–Trinajstić information content (AvgIpc) is 1.85. The standard InChI is InChI=1S/C7H11F3O/c8-7(9,10)4-6-2-1-3-11-5-6/h6H,1-5H2. The van der Waals surface area contributed by atoms with Gasteiger partial charge in [0.1, 0.15) is 0 Å². The van der Waals surface area contributed by atoms with Gasteiger partial charge in [-0.15, -0.1) is 0 Å². The van der Waals surface area contributed by atoms with Gasteiger partial charge < -0.3 is 4.74 Å². The van der Waals surface area contributed by atoms with Crippen LogP contribution in [0.4, 0.5) is 13.2 Å². The molecule has 11 heavy (non-hydrogen) atoms. The molecule has 0 spiro atoms. The quantitative estimate of drug-likeness (QED) is 0.584. The SMILES string of the molecule is FC(F)(F)CC1CCCOC1. The third kappa shape index (κ3) is 3.60. The second-order valence-corrected chi connectivity index (χ2v) is 2.90. The molecule has 1 aliphatic rings.